The molecule has 1 aromatic rings. The maximum absolute atomic E-state index is 12.6. The highest BCUT2D eigenvalue weighted by Crippen LogP contribution is 2.27. The van der Waals surface area contributed by atoms with Crippen LogP contribution in [-0.2, 0) is 0 Å². The number of hydrogen-bond donors (Lipinski definition) is 2. The van der Waals surface area contributed by atoms with Gasteiger partial charge in [-0.25, -0.2) is 0 Å². The van der Waals surface area contributed by atoms with Crippen molar-refractivity contribution in [3.8, 4) is 0 Å². The lowest BCUT2D eigenvalue weighted by Crippen LogP contribution is -2.32. The van der Waals surface area contributed by atoms with Crippen LogP contribution in [0.1, 0.15) is 34.1 Å². The summed E-state index contributed by atoms with van der Waals surface area (Å²) < 4.78 is 0. The summed E-state index contributed by atoms with van der Waals surface area (Å²) in [5.74, 6) is 1.10. The Morgan fingerprint density at radius 1 is 1.22 bits per heavy atom. The normalized spacial score (nSPS) is 22.4. The molecule has 1 aromatic carbocycles. The van der Waals surface area contributed by atoms with Crippen LogP contribution in [0.2, 0.25) is 0 Å². The Kier molecular flexibility index (Phi) is 6.02. The van der Waals surface area contributed by atoms with Gasteiger partial charge in [-0.2, -0.15) is 0 Å². The van der Waals surface area contributed by atoms with E-state index in [1.54, 1.807) is 24.3 Å². The van der Waals surface area contributed by atoms with Crippen molar-refractivity contribution in [2.75, 3.05) is 32.7 Å². The lowest BCUT2D eigenvalue weighted by molar-refractivity contribution is 0.0781. The third kappa shape index (κ3) is 3.85. The van der Waals surface area contributed by atoms with E-state index in [-0.39, 0.29) is 24.2 Å². The highest BCUT2D eigenvalue weighted by Gasteiger charge is 2.38. The molecule has 0 unspecified atom stereocenters. The van der Waals surface area contributed by atoms with Crippen molar-refractivity contribution in [1.82, 2.24) is 15.5 Å². The van der Waals surface area contributed by atoms with E-state index in [1.807, 2.05) is 11.8 Å². The fourth-order valence-corrected chi connectivity index (χ4v) is 3.34. The third-order valence-corrected chi connectivity index (χ3v) is 4.58. The fraction of sp³-hybridized carbons (Fsp3) is 0.529. The molecular weight excluding hydrogens is 314 g/mol. The number of amides is 2. The number of likely N-dealkylation sites (tertiary alicyclic amines) is 1. The summed E-state index contributed by atoms with van der Waals surface area (Å²) in [6.07, 6.45) is 0.898. The molecule has 2 atom stereocenters. The van der Waals surface area contributed by atoms with Crippen LogP contribution in [0.3, 0.4) is 0 Å². The fourth-order valence-electron chi connectivity index (χ4n) is 3.34. The summed E-state index contributed by atoms with van der Waals surface area (Å²) in [5.41, 5.74) is 1.16. The van der Waals surface area contributed by atoms with Crippen molar-refractivity contribution in [3.05, 3.63) is 35.4 Å². The summed E-state index contributed by atoms with van der Waals surface area (Å²) in [5, 5.41) is 6.22. The van der Waals surface area contributed by atoms with Crippen LogP contribution >= 0.6 is 12.4 Å². The summed E-state index contributed by atoms with van der Waals surface area (Å²) >= 11 is 0. The highest BCUT2D eigenvalue weighted by atomic mass is 35.5. The van der Waals surface area contributed by atoms with Gasteiger partial charge in [0.25, 0.3) is 11.8 Å². The first-order valence-corrected chi connectivity index (χ1v) is 8.07. The molecule has 0 aliphatic carbocycles. The standard InChI is InChI=1S/C17H23N3O2.ClH/c1-2-6-19-16(21)12-4-3-5-13(7-12)17(22)20-10-14-8-18-9-15(14)11-20;/h3-5,7,14-15,18H,2,6,8-11H2,1H3,(H,19,21);1H/t14-,15+;. The van der Waals surface area contributed by atoms with E-state index in [0.29, 0.717) is 29.5 Å². The first-order valence-electron chi connectivity index (χ1n) is 8.07. The average Bonchev–Trinajstić information content (AvgIpc) is 3.13. The quantitative estimate of drug-likeness (QED) is 0.876. The number of carbonyl (C=O) groups is 2. The van der Waals surface area contributed by atoms with Crippen molar-refractivity contribution in [2.45, 2.75) is 13.3 Å². The molecule has 0 aromatic heterocycles. The Labute approximate surface area is 143 Å². The molecule has 5 nitrogen and oxygen atoms in total. The molecule has 0 bridgehead atoms. The predicted molar refractivity (Wildman–Crippen MR) is 92.1 cm³/mol. The van der Waals surface area contributed by atoms with E-state index in [9.17, 15) is 9.59 Å². The van der Waals surface area contributed by atoms with Crippen molar-refractivity contribution in [3.63, 3.8) is 0 Å². The van der Waals surface area contributed by atoms with Crippen molar-refractivity contribution < 1.29 is 9.59 Å². The van der Waals surface area contributed by atoms with Gasteiger partial charge in [-0.05, 0) is 36.5 Å². The molecule has 0 saturated carbocycles. The van der Waals surface area contributed by atoms with Gasteiger partial charge in [0.15, 0.2) is 0 Å². The van der Waals surface area contributed by atoms with E-state index in [4.69, 9.17) is 0 Å². The molecule has 2 aliphatic rings. The second kappa shape index (κ2) is 7.79. The molecule has 3 rings (SSSR count). The number of carbonyl (C=O) groups excluding carboxylic acids is 2. The first kappa shape index (κ1) is 17.8. The molecule has 2 N–H and O–H groups in total. The summed E-state index contributed by atoms with van der Waals surface area (Å²) in [6, 6.07) is 7.04. The van der Waals surface area contributed by atoms with Crippen LogP contribution in [-0.4, -0.2) is 49.4 Å². The Bertz CT molecular complexity index is 567. The van der Waals surface area contributed by atoms with E-state index >= 15 is 0 Å². The van der Waals surface area contributed by atoms with Crippen molar-refractivity contribution in [2.24, 2.45) is 11.8 Å². The van der Waals surface area contributed by atoms with Crippen LogP contribution in [0.25, 0.3) is 0 Å². The second-order valence-corrected chi connectivity index (χ2v) is 6.23. The van der Waals surface area contributed by atoms with Crippen LogP contribution in [0.15, 0.2) is 24.3 Å². The third-order valence-electron chi connectivity index (χ3n) is 4.58. The molecule has 6 heteroatoms. The second-order valence-electron chi connectivity index (χ2n) is 6.23. The van der Waals surface area contributed by atoms with Gasteiger partial charge in [0.05, 0.1) is 0 Å². The lowest BCUT2D eigenvalue weighted by Gasteiger charge is -2.18. The largest absolute Gasteiger partial charge is 0.352 e. The average molecular weight is 338 g/mol. The van der Waals surface area contributed by atoms with Crippen LogP contribution in [0.4, 0.5) is 0 Å². The van der Waals surface area contributed by atoms with Crippen molar-refractivity contribution >= 4 is 24.2 Å². The number of halogens is 1. The van der Waals surface area contributed by atoms with E-state index < -0.39 is 0 Å². The summed E-state index contributed by atoms with van der Waals surface area (Å²) in [4.78, 5) is 26.6. The van der Waals surface area contributed by atoms with Gasteiger partial charge in [0.2, 0.25) is 0 Å². The number of hydrogen-bond acceptors (Lipinski definition) is 3. The van der Waals surface area contributed by atoms with E-state index in [1.165, 1.54) is 0 Å². The molecule has 2 amide bonds. The molecule has 2 fully saturated rings. The topological polar surface area (TPSA) is 61.4 Å². The predicted octanol–water partition coefficient (Wildman–Crippen LogP) is 1.54. The van der Waals surface area contributed by atoms with Gasteiger partial charge >= 0.3 is 0 Å². The number of nitrogens with zero attached hydrogens (tertiary/aromatic N) is 1. The number of benzene rings is 1. The zero-order valence-corrected chi connectivity index (χ0v) is 14.2. The molecule has 23 heavy (non-hydrogen) atoms. The van der Waals surface area contributed by atoms with Crippen molar-refractivity contribution in [1.29, 1.82) is 0 Å². The van der Waals surface area contributed by atoms with Crippen LogP contribution < -0.4 is 10.6 Å². The Hall–Kier alpha value is -1.59. The van der Waals surface area contributed by atoms with Gasteiger partial charge in [-0.3, -0.25) is 9.59 Å². The van der Waals surface area contributed by atoms with E-state index in [2.05, 4.69) is 10.6 Å². The maximum Gasteiger partial charge on any atom is 0.253 e. The minimum atomic E-state index is -0.112. The molecule has 0 spiro atoms. The number of rotatable bonds is 4. The zero-order valence-electron chi connectivity index (χ0n) is 13.4. The monoisotopic (exact) mass is 337 g/mol. The SMILES string of the molecule is CCCNC(=O)c1cccc(C(=O)N2C[C@H]3CNC[C@H]3C2)c1.Cl. The van der Waals surface area contributed by atoms with Gasteiger partial charge in [0.1, 0.15) is 0 Å². The minimum Gasteiger partial charge on any atom is -0.352 e. The zero-order chi connectivity index (χ0) is 15.5. The van der Waals surface area contributed by atoms with Gasteiger partial charge in [-0.15, -0.1) is 12.4 Å². The van der Waals surface area contributed by atoms with Crippen LogP contribution in [0.5, 0.6) is 0 Å². The lowest BCUT2D eigenvalue weighted by atomic mass is 10.0. The molecular formula is C17H24ClN3O2. The minimum absolute atomic E-state index is 0. The molecule has 126 valence electrons. The Morgan fingerprint density at radius 2 is 1.87 bits per heavy atom. The molecule has 2 saturated heterocycles. The summed E-state index contributed by atoms with van der Waals surface area (Å²) in [6.45, 7) is 6.33. The highest BCUT2D eigenvalue weighted by molar-refractivity contribution is 5.99. The van der Waals surface area contributed by atoms with E-state index in [0.717, 1.165) is 32.6 Å². The Morgan fingerprint density at radius 3 is 2.52 bits per heavy atom. The molecule has 2 aliphatic heterocycles. The Balaban J connectivity index is 0.00000192. The molecule has 0 radical (unpaired) electrons. The molecule has 2 heterocycles. The van der Waals surface area contributed by atoms with Gasteiger partial charge in [-0.1, -0.05) is 13.0 Å². The first-order chi connectivity index (χ1) is 10.7. The van der Waals surface area contributed by atoms with Gasteiger partial charge in [0, 0.05) is 43.9 Å². The number of fused-ring (bicyclic) bond motifs is 1. The maximum atomic E-state index is 12.6. The van der Waals surface area contributed by atoms with Gasteiger partial charge < -0.3 is 15.5 Å². The summed E-state index contributed by atoms with van der Waals surface area (Å²) in [7, 11) is 0. The number of nitrogens with one attached hydrogen (secondary N) is 2. The smallest absolute Gasteiger partial charge is 0.253 e. The van der Waals surface area contributed by atoms with Crippen LogP contribution in [0, 0.1) is 11.8 Å².